The van der Waals surface area contributed by atoms with Crippen molar-refractivity contribution >= 4 is 22.6 Å². The lowest BCUT2D eigenvalue weighted by atomic mass is 10.1. The number of nitrogens with one attached hydrogen (secondary N) is 1. The fraction of sp³-hybridized carbons (Fsp3) is 0.125. The molecule has 0 saturated heterocycles. The summed E-state index contributed by atoms with van der Waals surface area (Å²) in [5, 5.41) is 13.7. The van der Waals surface area contributed by atoms with Crippen LogP contribution in [0.15, 0.2) is 48.5 Å². The van der Waals surface area contributed by atoms with Gasteiger partial charge in [0.05, 0.1) is 22.5 Å². The van der Waals surface area contributed by atoms with Gasteiger partial charge in [0.15, 0.2) is 0 Å². The van der Waals surface area contributed by atoms with Gasteiger partial charge < -0.3 is 9.88 Å². The molecule has 7 nitrogen and oxygen atoms in total. The summed E-state index contributed by atoms with van der Waals surface area (Å²) in [4.78, 5) is 27.1. The molecule has 1 N–H and O–H groups in total. The molecule has 0 aliphatic rings. The summed E-state index contributed by atoms with van der Waals surface area (Å²) < 4.78 is 1.88. The van der Waals surface area contributed by atoms with Crippen molar-refractivity contribution in [3.63, 3.8) is 0 Å². The average molecular weight is 310 g/mol. The predicted octanol–water partition coefficient (Wildman–Crippen LogP) is 2.41. The molecule has 0 aliphatic carbocycles. The number of imidazole rings is 1. The molecule has 0 radical (unpaired) electrons. The van der Waals surface area contributed by atoms with Crippen LogP contribution in [0.3, 0.4) is 0 Å². The van der Waals surface area contributed by atoms with E-state index in [1.807, 2.05) is 35.9 Å². The number of para-hydroxylation sites is 3. The van der Waals surface area contributed by atoms with E-state index in [0.29, 0.717) is 5.82 Å². The molecule has 0 bridgehead atoms. The zero-order valence-corrected chi connectivity index (χ0v) is 12.4. The van der Waals surface area contributed by atoms with Gasteiger partial charge in [-0.1, -0.05) is 24.3 Å². The summed E-state index contributed by atoms with van der Waals surface area (Å²) in [5.74, 6) is 0.183. The van der Waals surface area contributed by atoms with E-state index in [1.165, 1.54) is 18.2 Å². The maximum atomic E-state index is 12.2. The van der Waals surface area contributed by atoms with Gasteiger partial charge >= 0.3 is 0 Å². The first-order chi connectivity index (χ1) is 11.1. The number of fused-ring (bicyclic) bond motifs is 1. The first kappa shape index (κ1) is 14.7. The zero-order valence-electron chi connectivity index (χ0n) is 12.4. The van der Waals surface area contributed by atoms with Crippen LogP contribution in [0, 0.1) is 10.1 Å². The second-order valence-electron chi connectivity index (χ2n) is 5.03. The molecule has 1 amide bonds. The minimum Gasteiger partial charge on any atom is -0.345 e. The number of aromatic nitrogens is 2. The summed E-state index contributed by atoms with van der Waals surface area (Å²) in [7, 11) is 1.86. The molecule has 0 fully saturated rings. The second kappa shape index (κ2) is 5.88. The monoisotopic (exact) mass is 310 g/mol. The first-order valence-electron chi connectivity index (χ1n) is 7.00. The Balaban J connectivity index is 1.81. The minimum atomic E-state index is -0.565. The third kappa shape index (κ3) is 2.76. The van der Waals surface area contributed by atoms with Crippen LogP contribution in [0.4, 0.5) is 5.69 Å². The number of amides is 1. The molecule has 23 heavy (non-hydrogen) atoms. The highest BCUT2D eigenvalue weighted by molar-refractivity contribution is 5.98. The number of carbonyl (C=O) groups is 1. The molecular formula is C16H14N4O3. The van der Waals surface area contributed by atoms with Gasteiger partial charge in [0.25, 0.3) is 11.6 Å². The number of hydrogen-bond donors (Lipinski definition) is 1. The molecule has 2 aromatic carbocycles. The Morgan fingerprint density at radius 1 is 1.22 bits per heavy atom. The van der Waals surface area contributed by atoms with Crippen LogP contribution in [0.5, 0.6) is 0 Å². The van der Waals surface area contributed by atoms with Gasteiger partial charge in [-0.3, -0.25) is 14.9 Å². The number of nitro groups is 1. The van der Waals surface area contributed by atoms with Crippen LogP contribution in [0.2, 0.25) is 0 Å². The van der Waals surface area contributed by atoms with Crippen LogP contribution >= 0.6 is 0 Å². The fourth-order valence-electron chi connectivity index (χ4n) is 2.43. The van der Waals surface area contributed by atoms with Gasteiger partial charge in [-0.25, -0.2) is 4.98 Å². The minimum absolute atomic E-state index is 0.0382. The van der Waals surface area contributed by atoms with Crippen LogP contribution < -0.4 is 5.32 Å². The summed E-state index contributed by atoms with van der Waals surface area (Å²) in [6.45, 7) is 0.191. The Kier molecular flexibility index (Phi) is 3.76. The molecule has 0 aliphatic heterocycles. The number of rotatable bonds is 4. The van der Waals surface area contributed by atoms with Crippen molar-refractivity contribution in [2.75, 3.05) is 0 Å². The van der Waals surface area contributed by atoms with Gasteiger partial charge in [0.2, 0.25) is 0 Å². The second-order valence-corrected chi connectivity index (χ2v) is 5.03. The molecule has 1 heterocycles. The highest BCUT2D eigenvalue weighted by Crippen LogP contribution is 2.18. The Hall–Kier alpha value is -3.22. The van der Waals surface area contributed by atoms with E-state index < -0.39 is 10.8 Å². The Bertz CT molecular complexity index is 901. The summed E-state index contributed by atoms with van der Waals surface area (Å²) in [6, 6.07) is 13.5. The van der Waals surface area contributed by atoms with E-state index >= 15 is 0 Å². The van der Waals surface area contributed by atoms with E-state index in [0.717, 1.165) is 11.0 Å². The highest BCUT2D eigenvalue weighted by Gasteiger charge is 2.19. The average Bonchev–Trinajstić information content (AvgIpc) is 2.89. The number of carbonyl (C=O) groups excluding carboxylic acids is 1. The number of hydrogen-bond acceptors (Lipinski definition) is 4. The number of benzene rings is 2. The standard InChI is InChI=1S/C16H14N4O3/c1-19-14-9-5-3-7-12(14)18-15(19)10-17-16(21)11-6-2-4-8-13(11)20(22)23/h2-9H,10H2,1H3,(H,17,21). The molecule has 0 atom stereocenters. The predicted molar refractivity (Wildman–Crippen MR) is 85.0 cm³/mol. The van der Waals surface area contributed by atoms with Crippen LogP contribution in [0.25, 0.3) is 11.0 Å². The largest absolute Gasteiger partial charge is 0.345 e. The Morgan fingerprint density at radius 2 is 1.91 bits per heavy atom. The molecule has 3 rings (SSSR count). The maximum absolute atomic E-state index is 12.2. The molecular weight excluding hydrogens is 296 g/mol. The molecule has 116 valence electrons. The van der Waals surface area contributed by atoms with E-state index in [9.17, 15) is 14.9 Å². The van der Waals surface area contributed by atoms with Gasteiger partial charge in [-0.2, -0.15) is 0 Å². The van der Waals surface area contributed by atoms with Gasteiger partial charge in [-0.15, -0.1) is 0 Å². The third-order valence-electron chi connectivity index (χ3n) is 3.63. The zero-order chi connectivity index (χ0) is 16.4. The molecule has 1 aromatic heterocycles. The van der Waals surface area contributed by atoms with Crippen molar-refractivity contribution in [1.29, 1.82) is 0 Å². The van der Waals surface area contributed by atoms with E-state index in [2.05, 4.69) is 10.3 Å². The van der Waals surface area contributed by atoms with Crippen molar-refractivity contribution in [1.82, 2.24) is 14.9 Å². The summed E-state index contributed by atoms with van der Waals surface area (Å²) in [6.07, 6.45) is 0. The van der Waals surface area contributed by atoms with Gasteiger partial charge in [-0.05, 0) is 18.2 Å². The summed E-state index contributed by atoms with van der Waals surface area (Å²) in [5.41, 5.74) is 1.62. The topological polar surface area (TPSA) is 90.1 Å². The SMILES string of the molecule is Cn1c(CNC(=O)c2ccccc2[N+](=O)[O-])nc2ccccc21. The Labute approximate surface area is 131 Å². The van der Waals surface area contributed by atoms with E-state index in [4.69, 9.17) is 0 Å². The Morgan fingerprint density at radius 3 is 2.65 bits per heavy atom. The molecule has 3 aromatic rings. The fourth-order valence-corrected chi connectivity index (χ4v) is 2.43. The number of nitro benzene ring substituents is 1. The first-order valence-corrected chi connectivity index (χ1v) is 7.00. The van der Waals surface area contributed by atoms with Crippen molar-refractivity contribution in [2.45, 2.75) is 6.54 Å². The van der Waals surface area contributed by atoms with Crippen molar-refractivity contribution in [3.8, 4) is 0 Å². The molecule has 7 heteroatoms. The van der Waals surface area contributed by atoms with Crippen molar-refractivity contribution in [3.05, 3.63) is 70.0 Å². The smallest absolute Gasteiger partial charge is 0.282 e. The molecule has 0 saturated carbocycles. The van der Waals surface area contributed by atoms with Gasteiger partial charge in [0, 0.05) is 13.1 Å². The summed E-state index contributed by atoms with van der Waals surface area (Å²) >= 11 is 0. The number of aryl methyl sites for hydroxylation is 1. The lowest BCUT2D eigenvalue weighted by Gasteiger charge is -2.06. The van der Waals surface area contributed by atoms with Crippen LogP contribution in [-0.2, 0) is 13.6 Å². The number of nitrogens with zero attached hydrogens (tertiary/aromatic N) is 3. The molecule has 0 spiro atoms. The third-order valence-corrected chi connectivity index (χ3v) is 3.63. The lowest BCUT2D eigenvalue weighted by molar-refractivity contribution is -0.385. The maximum Gasteiger partial charge on any atom is 0.282 e. The highest BCUT2D eigenvalue weighted by atomic mass is 16.6. The van der Waals surface area contributed by atoms with Crippen molar-refractivity contribution < 1.29 is 9.72 Å². The van der Waals surface area contributed by atoms with Crippen LogP contribution in [-0.4, -0.2) is 20.4 Å². The van der Waals surface area contributed by atoms with E-state index in [-0.39, 0.29) is 17.8 Å². The quantitative estimate of drug-likeness (QED) is 0.592. The van der Waals surface area contributed by atoms with Crippen molar-refractivity contribution in [2.24, 2.45) is 7.05 Å². The lowest BCUT2D eigenvalue weighted by Crippen LogP contribution is -2.25. The van der Waals surface area contributed by atoms with Crippen LogP contribution in [0.1, 0.15) is 16.2 Å². The molecule has 0 unspecified atom stereocenters. The normalized spacial score (nSPS) is 10.7. The van der Waals surface area contributed by atoms with Gasteiger partial charge in [0.1, 0.15) is 11.4 Å². The van der Waals surface area contributed by atoms with E-state index in [1.54, 1.807) is 6.07 Å².